The summed E-state index contributed by atoms with van der Waals surface area (Å²) in [5, 5.41) is 0. The Morgan fingerprint density at radius 2 is 1.46 bits per heavy atom. The van der Waals surface area contributed by atoms with Gasteiger partial charge in [-0.25, -0.2) is 0 Å². The number of carbonyl (C=O) groups excluding carboxylic acids is 1. The number of hydrogen-bond donors (Lipinski definition) is 0. The van der Waals surface area contributed by atoms with E-state index in [9.17, 15) is 4.79 Å². The van der Waals surface area contributed by atoms with Crippen molar-refractivity contribution < 1.29 is 4.79 Å². The largest absolute Gasteiger partial charge is 0.342 e. The monoisotopic (exact) mass is 333 g/mol. The van der Waals surface area contributed by atoms with Gasteiger partial charge in [0.05, 0.1) is 0 Å². The summed E-state index contributed by atoms with van der Waals surface area (Å²) in [5.41, 5.74) is 0. The molecule has 1 amide bonds. The van der Waals surface area contributed by atoms with Crippen LogP contribution in [0.25, 0.3) is 0 Å². The Morgan fingerprint density at radius 3 is 2.25 bits per heavy atom. The molecule has 0 radical (unpaired) electrons. The summed E-state index contributed by atoms with van der Waals surface area (Å²) in [4.78, 5) is 20.2. The van der Waals surface area contributed by atoms with Gasteiger partial charge in [0.2, 0.25) is 5.91 Å². The second-order valence-electron chi connectivity index (χ2n) is 8.61. The molecular weight excluding hydrogens is 298 g/mol. The SMILES string of the molecule is O=C(C1CCN(C[C@@H]2CCCN3CCCC[C@H]23)CC1)N1CCCC1. The Labute approximate surface area is 147 Å². The zero-order valence-electron chi connectivity index (χ0n) is 15.3. The number of amides is 1. The first kappa shape index (κ1) is 16.8. The summed E-state index contributed by atoms with van der Waals surface area (Å²) in [6.45, 7) is 8.28. The van der Waals surface area contributed by atoms with Crippen molar-refractivity contribution in [3.05, 3.63) is 0 Å². The molecule has 4 heteroatoms. The van der Waals surface area contributed by atoms with Gasteiger partial charge < -0.3 is 14.7 Å². The molecule has 4 aliphatic rings. The van der Waals surface area contributed by atoms with Crippen molar-refractivity contribution >= 4 is 5.91 Å². The van der Waals surface area contributed by atoms with Gasteiger partial charge >= 0.3 is 0 Å². The molecule has 4 rings (SSSR count). The smallest absolute Gasteiger partial charge is 0.225 e. The lowest BCUT2D eigenvalue weighted by atomic mass is 9.82. The molecule has 0 aromatic carbocycles. The lowest BCUT2D eigenvalue weighted by molar-refractivity contribution is -0.136. The molecule has 4 fully saturated rings. The predicted molar refractivity (Wildman–Crippen MR) is 96.9 cm³/mol. The average Bonchev–Trinajstić information content (AvgIpc) is 3.17. The topological polar surface area (TPSA) is 26.8 Å². The number of likely N-dealkylation sites (tertiary alicyclic amines) is 2. The molecule has 4 aliphatic heterocycles. The molecule has 0 unspecified atom stereocenters. The van der Waals surface area contributed by atoms with Crippen molar-refractivity contribution in [1.82, 2.24) is 14.7 Å². The van der Waals surface area contributed by atoms with Crippen LogP contribution < -0.4 is 0 Å². The minimum absolute atomic E-state index is 0.317. The Kier molecular flexibility index (Phi) is 5.43. The highest BCUT2D eigenvalue weighted by atomic mass is 16.2. The Balaban J connectivity index is 1.26. The van der Waals surface area contributed by atoms with Crippen LogP contribution in [0.1, 0.15) is 57.8 Å². The van der Waals surface area contributed by atoms with Crippen molar-refractivity contribution in [2.45, 2.75) is 63.8 Å². The fourth-order valence-corrected chi connectivity index (χ4v) is 5.68. The maximum absolute atomic E-state index is 12.6. The molecular formula is C20H35N3O. The average molecular weight is 334 g/mol. The van der Waals surface area contributed by atoms with Crippen LogP contribution in [0.15, 0.2) is 0 Å². The van der Waals surface area contributed by atoms with Gasteiger partial charge in [0.25, 0.3) is 0 Å². The lowest BCUT2D eigenvalue weighted by Crippen LogP contribution is -2.52. The molecule has 2 atom stereocenters. The van der Waals surface area contributed by atoms with Crippen molar-refractivity contribution in [3.63, 3.8) is 0 Å². The van der Waals surface area contributed by atoms with Crippen LogP contribution in [0.4, 0.5) is 0 Å². The van der Waals surface area contributed by atoms with E-state index in [-0.39, 0.29) is 0 Å². The summed E-state index contributed by atoms with van der Waals surface area (Å²) in [6.07, 6.45) is 11.7. The van der Waals surface area contributed by atoms with E-state index >= 15 is 0 Å². The normalized spacial score (nSPS) is 33.6. The quantitative estimate of drug-likeness (QED) is 0.794. The van der Waals surface area contributed by atoms with Crippen LogP contribution >= 0.6 is 0 Å². The zero-order chi connectivity index (χ0) is 16.4. The van der Waals surface area contributed by atoms with E-state index in [4.69, 9.17) is 0 Å². The molecule has 0 spiro atoms. The van der Waals surface area contributed by atoms with Gasteiger partial charge in [0.15, 0.2) is 0 Å². The maximum Gasteiger partial charge on any atom is 0.225 e. The second-order valence-corrected chi connectivity index (χ2v) is 8.61. The molecule has 4 saturated heterocycles. The van der Waals surface area contributed by atoms with E-state index in [0.717, 1.165) is 51.0 Å². The summed E-state index contributed by atoms with van der Waals surface area (Å²) < 4.78 is 0. The van der Waals surface area contributed by atoms with E-state index in [1.807, 2.05) is 0 Å². The molecule has 0 aromatic heterocycles. The highest BCUT2D eigenvalue weighted by Gasteiger charge is 2.35. The van der Waals surface area contributed by atoms with Crippen LogP contribution in [-0.4, -0.2) is 72.5 Å². The fraction of sp³-hybridized carbons (Fsp3) is 0.950. The molecule has 4 nitrogen and oxygen atoms in total. The van der Waals surface area contributed by atoms with Gasteiger partial charge in [-0.05, 0) is 83.5 Å². The standard InChI is InChI=1S/C20H35N3O/c24-20(23-11-3-4-12-23)17-8-14-21(15-9-17)16-18-6-5-13-22-10-2-1-7-19(18)22/h17-19H,1-16H2/t18-,19+/m0/s1. The third kappa shape index (κ3) is 3.65. The van der Waals surface area contributed by atoms with Crippen molar-refractivity contribution in [2.75, 3.05) is 45.8 Å². The third-order valence-corrected chi connectivity index (χ3v) is 7.08. The molecule has 0 N–H and O–H groups in total. The van der Waals surface area contributed by atoms with E-state index in [1.54, 1.807) is 0 Å². The summed E-state index contributed by atoms with van der Waals surface area (Å²) >= 11 is 0. The number of hydrogen-bond acceptors (Lipinski definition) is 3. The Morgan fingerprint density at radius 1 is 0.750 bits per heavy atom. The summed E-state index contributed by atoms with van der Waals surface area (Å²) in [7, 11) is 0. The van der Waals surface area contributed by atoms with E-state index in [0.29, 0.717) is 11.8 Å². The molecule has 136 valence electrons. The fourth-order valence-electron chi connectivity index (χ4n) is 5.68. The zero-order valence-corrected chi connectivity index (χ0v) is 15.3. The van der Waals surface area contributed by atoms with E-state index in [1.165, 1.54) is 64.6 Å². The second kappa shape index (κ2) is 7.74. The van der Waals surface area contributed by atoms with Crippen LogP contribution in [-0.2, 0) is 4.79 Å². The van der Waals surface area contributed by atoms with Gasteiger partial charge in [-0.1, -0.05) is 6.42 Å². The Hall–Kier alpha value is -0.610. The molecule has 24 heavy (non-hydrogen) atoms. The van der Waals surface area contributed by atoms with Gasteiger partial charge in [0.1, 0.15) is 0 Å². The highest BCUT2D eigenvalue weighted by molar-refractivity contribution is 5.79. The highest BCUT2D eigenvalue weighted by Crippen LogP contribution is 2.32. The van der Waals surface area contributed by atoms with E-state index < -0.39 is 0 Å². The van der Waals surface area contributed by atoms with Crippen LogP contribution in [0, 0.1) is 11.8 Å². The van der Waals surface area contributed by atoms with Crippen molar-refractivity contribution in [3.8, 4) is 0 Å². The van der Waals surface area contributed by atoms with Gasteiger partial charge in [-0.3, -0.25) is 4.79 Å². The number of fused-ring (bicyclic) bond motifs is 1. The van der Waals surface area contributed by atoms with Crippen molar-refractivity contribution in [2.24, 2.45) is 11.8 Å². The van der Waals surface area contributed by atoms with Gasteiger partial charge in [-0.15, -0.1) is 0 Å². The van der Waals surface area contributed by atoms with Gasteiger partial charge in [-0.2, -0.15) is 0 Å². The third-order valence-electron chi connectivity index (χ3n) is 7.08. The first-order chi connectivity index (χ1) is 11.8. The molecule has 4 heterocycles. The number of carbonyl (C=O) groups is 1. The number of nitrogens with zero attached hydrogens (tertiary/aromatic N) is 3. The lowest BCUT2D eigenvalue weighted by Gasteiger charge is -2.46. The van der Waals surface area contributed by atoms with E-state index in [2.05, 4.69) is 14.7 Å². The minimum Gasteiger partial charge on any atom is -0.342 e. The van der Waals surface area contributed by atoms with Crippen LogP contribution in [0.2, 0.25) is 0 Å². The Bertz CT molecular complexity index is 425. The molecule has 0 saturated carbocycles. The predicted octanol–water partition coefficient (Wildman–Crippen LogP) is 2.59. The molecule has 0 bridgehead atoms. The van der Waals surface area contributed by atoms with Crippen molar-refractivity contribution in [1.29, 1.82) is 0 Å². The minimum atomic E-state index is 0.317. The first-order valence-electron chi connectivity index (χ1n) is 10.6. The molecule has 0 aliphatic carbocycles. The maximum atomic E-state index is 12.6. The molecule has 0 aromatic rings. The van der Waals surface area contributed by atoms with Gasteiger partial charge in [0, 0.05) is 31.6 Å². The first-order valence-corrected chi connectivity index (χ1v) is 10.6. The van der Waals surface area contributed by atoms with Crippen LogP contribution in [0.3, 0.4) is 0 Å². The summed E-state index contributed by atoms with van der Waals surface area (Å²) in [6, 6.07) is 0.858. The number of piperidine rings is 3. The summed E-state index contributed by atoms with van der Waals surface area (Å²) in [5.74, 6) is 1.66. The number of rotatable bonds is 3. The van der Waals surface area contributed by atoms with Crippen LogP contribution in [0.5, 0.6) is 0 Å².